The van der Waals surface area contributed by atoms with Crippen LogP contribution in [0, 0.1) is 0 Å². The molecule has 0 saturated carbocycles. The monoisotopic (exact) mass is 218 g/mol. The van der Waals surface area contributed by atoms with Crippen molar-refractivity contribution >= 4 is 0 Å². The molecule has 0 spiro atoms. The van der Waals surface area contributed by atoms with Gasteiger partial charge in [-0.1, -0.05) is 13.3 Å². The highest BCUT2D eigenvalue weighted by Gasteiger charge is 2.56. The summed E-state index contributed by atoms with van der Waals surface area (Å²) in [5.41, 5.74) is 0. The van der Waals surface area contributed by atoms with Gasteiger partial charge >= 0.3 is 0 Å². The van der Waals surface area contributed by atoms with Crippen LogP contribution < -0.4 is 0 Å². The molecule has 4 atom stereocenters. The Bertz CT molecular complexity index is 222. The number of aliphatic hydroxyl groups is 2. The van der Waals surface area contributed by atoms with E-state index in [1.165, 1.54) is 0 Å². The van der Waals surface area contributed by atoms with E-state index >= 15 is 0 Å². The van der Waals surface area contributed by atoms with E-state index in [0.717, 1.165) is 12.8 Å². The molecule has 0 aromatic rings. The van der Waals surface area contributed by atoms with Gasteiger partial charge in [0.15, 0.2) is 0 Å². The molecule has 88 valence electrons. The molecule has 5 heteroatoms. The molecule has 0 unspecified atom stereocenters. The van der Waals surface area contributed by atoms with Gasteiger partial charge in [0, 0.05) is 0 Å². The van der Waals surface area contributed by atoms with Crippen molar-refractivity contribution in [2.45, 2.75) is 43.9 Å². The lowest BCUT2D eigenvalue weighted by Gasteiger charge is -2.26. The van der Waals surface area contributed by atoms with Crippen molar-refractivity contribution in [2.24, 2.45) is 0 Å². The lowest BCUT2D eigenvalue weighted by Crippen LogP contribution is -2.46. The number of unbranched alkanes of at least 4 members (excludes halogenated alkanes) is 1. The summed E-state index contributed by atoms with van der Waals surface area (Å²) >= 11 is 0. The van der Waals surface area contributed by atoms with Crippen molar-refractivity contribution in [2.75, 3.05) is 19.8 Å². The summed E-state index contributed by atoms with van der Waals surface area (Å²) in [5, 5.41) is 19.6. The SMILES string of the molecule is CCCCO[C@@]1(O)CO[C@@H]2[C@H](O)CO[C@@H]21. The van der Waals surface area contributed by atoms with Crippen LogP contribution in [0.25, 0.3) is 0 Å². The minimum Gasteiger partial charge on any atom is -0.388 e. The third-order valence-corrected chi connectivity index (χ3v) is 2.90. The van der Waals surface area contributed by atoms with E-state index in [4.69, 9.17) is 14.2 Å². The summed E-state index contributed by atoms with van der Waals surface area (Å²) in [6.07, 6.45) is 0.247. The quantitative estimate of drug-likeness (QED) is 0.498. The van der Waals surface area contributed by atoms with Crippen molar-refractivity contribution in [3.05, 3.63) is 0 Å². The Morgan fingerprint density at radius 3 is 3.00 bits per heavy atom. The molecule has 2 heterocycles. The van der Waals surface area contributed by atoms with Gasteiger partial charge in [0.05, 0.1) is 13.2 Å². The third kappa shape index (κ3) is 2.03. The highest BCUT2D eigenvalue weighted by atomic mass is 16.7. The minimum absolute atomic E-state index is 0.0725. The zero-order valence-corrected chi connectivity index (χ0v) is 8.89. The highest BCUT2D eigenvalue weighted by molar-refractivity contribution is 4.99. The van der Waals surface area contributed by atoms with Crippen molar-refractivity contribution in [1.29, 1.82) is 0 Å². The lowest BCUT2D eigenvalue weighted by atomic mass is 10.1. The molecular formula is C10H18O5. The van der Waals surface area contributed by atoms with E-state index in [1.807, 2.05) is 0 Å². The van der Waals surface area contributed by atoms with Crippen molar-refractivity contribution in [3.8, 4) is 0 Å². The molecule has 2 aliphatic rings. The van der Waals surface area contributed by atoms with Crippen LogP contribution in [0.3, 0.4) is 0 Å². The summed E-state index contributed by atoms with van der Waals surface area (Å²) in [7, 11) is 0. The maximum atomic E-state index is 10.1. The zero-order valence-electron chi connectivity index (χ0n) is 8.89. The van der Waals surface area contributed by atoms with Gasteiger partial charge in [-0.15, -0.1) is 0 Å². The summed E-state index contributed by atoms with van der Waals surface area (Å²) < 4.78 is 16.0. The number of hydrogen-bond donors (Lipinski definition) is 2. The Labute approximate surface area is 88.9 Å². The van der Waals surface area contributed by atoms with Gasteiger partial charge in [-0.3, -0.25) is 0 Å². The van der Waals surface area contributed by atoms with Gasteiger partial charge in [-0.25, -0.2) is 0 Å². The fourth-order valence-corrected chi connectivity index (χ4v) is 1.99. The first-order valence-electron chi connectivity index (χ1n) is 5.45. The van der Waals surface area contributed by atoms with Crippen LogP contribution >= 0.6 is 0 Å². The summed E-state index contributed by atoms with van der Waals surface area (Å²) in [5.74, 6) is -1.38. The molecule has 0 aromatic carbocycles. The van der Waals surface area contributed by atoms with E-state index in [1.54, 1.807) is 0 Å². The zero-order chi connectivity index (χ0) is 10.9. The second-order valence-electron chi connectivity index (χ2n) is 4.14. The smallest absolute Gasteiger partial charge is 0.219 e. The van der Waals surface area contributed by atoms with Crippen molar-refractivity contribution in [3.63, 3.8) is 0 Å². The minimum atomic E-state index is -1.38. The fraction of sp³-hybridized carbons (Fsp3) is 1.00. The Morgan fingerprint density at radius 1 is 1.47 bits per heavy atom. The first kappa shape index (κ1) is 11.3. The van der Waals surface area contributed by atoms with Crippen LogP contribution in [0.15, 0.2) is 0 Å². The number of rotatable bonds is 4. The number of hydrogen-bond acceptors (Lipinski definition) is 5. The maximum absolute atomic E-state index is 10.1. The van der Waals surface area contributed by atoms with Gasteiger partial charge in [-0.2, -0.15) is 0 Å². The molecule has 2 saturated heterocycles. The predicted molar refractivity (Wildman–Crippen MR) is 51.3 cm³/mol. The first-order valence-corrected chi connectivity index (χ1v) is 5.45. The molecule has 2 fully saturated rings. The number of fused-ring (bicyclic) bond motifs is 1. The van der Waals surface area contributed by atoms with Crippen LogP contribution in [0.4, 0.5) is 0 Å². The molecule has 15 heavy (non-hydrogen) atoms. The average Bonchev–Trinajstić information content (AvgIpc) is 2.72. The molecule has 2 aliphatic heterocycles. The molecule has 0 radical (unpaired) electrons. The Hall–Kier alpha value is -0.200. The van der Waals surface area contributed by atoms with E-state index < -0.39 is 24.1 Å². The largest absolute Gasteiger partial charge is 0.388 e. The van der Waals surface area contributed by atoms with Crippen LogP contribution in [0.1, 0.15) is 19.8 Å². The lowest BCUT2D eigenvalue weighted by molar-refractivity contribution is -0.244. The van der Waals surface area contributed by atoms with Crippen LogP contribution in [-0.4, -0.2) is 54.1 Å². The summed E-state index contributed by atoms with van der Waals surface area (Å²) in [6.45, 7) is 2.81. The normalized spacial score (nSPS) is 44.6. The van der Waals surface area contributed by atoms with Gasteiger partial charge in [0.25, 0.3) is 0 Å². The van der Waals surface area contributed by atoms with Crippen LogP contribution in [0.5, 0.6) is 0 Å². The van der Waals surface area contributed by atoms with E-state index in [9.17, 15) is 10.2 Å². The molecule has 0 bridgehead atoms. The molecule has 2 rings (SSSR count). The highest BCUT2D eigenvalue weighted by Crippen LogP contribution is 2.34. The molecule has 0 amide bonds. The van der Waals surface area contributed by atoms with Gasteiger partial charge < -0.3 is 24.4 Å². The molecule has 0 aromatic heterocycles. The van der Waals surface area contributed by atoms with Crippen molar-refractivity contribution in [1.82, 2.24) is 0 Å². The molecule has 2 N–H and O–H groups in total. The van der Waals surface area contributed by atoms with Crippen LogP contribution in [-0.2, 0) is 14.2 Å². The maximum Gasteiger partial charge on any atom is 0.219 e. The Morgan fingerprint density at radius 2 is 2.27 bits per heavy atom. The predicted octanol–water partition coefficient (Wildman–Crippen LogP) is -0.350. The van der Waals surface area contributed by atoms with Gasteiger partial charge in [-0.05, 0) is 6.42 Å². The Balaban J connectivity index is 1.92. The topological polar surface area (TPSA) is 68.2 Å². The van der Waals surface area contributed by atoms with Gasteiger partial charge in [0.2, 0.25) is 5.79 Å². The third-order valence-electron chi connectivity index (χ3n) is 2.90. The van der Waals surface area contributed by atoms with Crippen LogP contribution in [0.2, 0.25) is 0 Å². The second kappa shape index (κ2) is 4.35. The second-order valence-corrected chi connectivity index (χ2v) is 4.14. The van der Waals surface area contributed by atoms with E-state index in [2.05, 4.69) is 6.92 Å². The first-order chi connectivity index (χ1) is 7.17. The Kier molecular flexibility index (Phi) is 3.27. The standard InChI is InChI=1S/C10H18O5/c1-2-3-4-15-10(12)6-14-8-7(11)5-13-9(8)10/h7-9,11-12H,2-6H2,1H3/t7-,8-,9+,10+/m1/s1. The van der Waals surface area contributed by atoms with Crippen molar-refractivity contribution < 1.29 is 24.4 Å². The fourth-order valence-electron chi connectivity index (χ4n) is 1.99. The number of ether oxygens (including phenoxy) is 3. The number of aliphatic hydroxyl groups excluding tert-OH is 1. The van der Waals surface area contributed by atoms with E-state index in [0.29, 0.717) is 6.61 Å². The molecule has 5 nitrogen and oxygen atoms in total. The van der Waals surface area contributed by atoms with Gasteiger partial charge in [0.1, 0.15) is 24.9 Å². The van der Waals surface area contributed by atoms with E-state index in [-0.39, 0.29) is 13.2 Å². The average molecular weight is 218 g/mol. The summed E-state index contributed by atoms with van der Waals surface area (Å²) in [4.78, 5) is 0. The molecular weight excluding hydrogens is 200 g/mol. The molecule has 0 aliphatic carbocycles. The summed E-state index contributed by atoms with van der Waals surface area (Å²) in [6, 6.07) is 0.